The predicted molar refractivity (Wildman–Crippen MR) is 127 cm³/mol. The lowest BCUT2D eigenvalue weighted by molar-refractivity contribution is -0.144. The molecule has 1 heterocycles. The molecule has 4 atom stereocenters. The van der Waals surface area contributed by atoms with Crippen LogP contribution >= 0.6 is 0 Å². The van der Waals surface area contributed by atoms with Gasteiger partial charge in [-0.25, -0.2) is 0 Å². The molecule has 3 amide bonds. The fourth-order valence-corrected chi connectivity index (χ4v) is 5.70. The van der Waals surface area contributed by atoms with Gasteiger partial charge >= 0.3 is 0 Å². The van der Waals surface area contributed by atoms with E-state index < -0.39 is 23.8 Å². The molecule has 2 aliphatic carbocycles. The first-order valence-electron chi connectivity index (χ1n) is 12.4. The van der Waals surface area contributed by atoms with Crippen LogP contribution in [0.1, 0.15) is 73.1 Å². The van der Waals surface area contributed by atoms with Crippen molar-refractivity contribution in [2.45, 2.75) is 85.2 Å². The molecular weight excluding hydrogens is 418 g/mol. The average Bonchev–Trinajstić information content (AvgIpc) is 3.46. The lowest BCUT2D eigenvalue weighted by Gasteiger charge is -2.49. The summed E-state index contributed by atoms with van der Waals surface area (Å²) in [6.45, 7) is 14.7. The molecule has 0 aromatic rings. The molecule has 0 aromatic carbocycles. The summed E-state index contributed by atoms with van der Waals surface area (Å²) in [5.74, 6) is -0.711. The summed E-state index contributed by atoms with van der Waals surface area (Å²) in [5, 5.41) is 5.43. The average molecular weight is 460 g/mol. The molecule has 1 saturated heterocycles. The molecule has 3 aliphatic rings. The van der Waals surface area contributed by atoms with Gasteiger partial charge in [-0.15, -0.1) is 6.58 Å². The highest BCUT2D eigenvalue weighted by molar-refractivity contribution is 6.38. The molecule has 3 fully saturated rings. The highest BCUT2D eigenvalue weighted by atomic mass is 16.2. The Morgan fingerprint density at radius 1 is 1.18 bits per heavy atom. The van der Waals surface area contributed by atoms with Gasteiger partial charge < -0.3 is 15.5 Å². The van der Waals surface area contributed by atoms with Gasteiger partial charge in [-0.1, -0.05) is 53.5 Å². The summed E-state index contributed by atoms with van der Waals surface area (Å²) < 4.78 is 0. The molecule has 7 nitrogen and oxygen atoms in total. The fourth-order valence-electron chi connectivity index (χ4n) is 5.70. The van der Waals surface area contributed by atoms with Crippen LogP contribution in [-0.4, -0.2) is 53.6 Å². The number of likely N-dealkylation sites (tertiary alicyclic amines) is 1. The van der Waals surface area contributed by atoms with Crippen LogP contribution in [0.2, 0.25) is 0 Å². The number of hydrogen-bond donors (Lipinski definition) is 2. The Balaban J connectivity index is 1.77. The third-order valence-corrected chi connectivity index (χ3v) is 7.40. The zero-order chi connectivity index (χ0) is 24.6. The Hall–Kier alpha value is -2.18. The van der Waals surface area contributed by atoms with Crippen molar-refractivity contribution in [3.8, 4) is 0 Å². The Bertz CT molecular complexity index is 809. The standard InChI is InChI=1S/C26H41N3O4/c1-7-12-27-24(33)22(31)18(11-10-16-8-9-16)28-23(32)21-20-17(13-26(20,5)6)15-29(21)19(30)14-25(2,3)4/h7,16-18,20-21H,1,8-15H2,2-6H3,(H,27,33)(H,28,32). The maximum absolute atomic E-state index is 13.6. The third kappa shape index (κ3) is 6.04. The van der Waals surface area contributed by atoms with Gasteiger partial charge in [0.15, 0.2) is 0 Å². The maximum atomic E-state index is 13.6. The third-order valence-electron chi connectivity index (χ3n) is 7.40. The van der Waals surface area contributed by atoms with E-state index in [-0.39, 0.29) is 35.1 Å². The monoisotopic (exact) mass is 459 g/mol. The van der Waals surface area contributed by atoms with E-state index in [1.807, 2.05) is 20.8 Å². The van der Waals surface area contributed by atoms with Gasteiger partial charge in [-0.2, -0.15) is 0 Å². The smallest absolute Gasteiger partial charge is 0.289 e. The first kappa shape index (κ1) is 25.4. The van der Waals surface area contributed by atoms with Crippen molar-refractivity contribution in [3.05, 3.63) is 12.7 Å². The number of carbonyl (C=O) groups excluding carboxylic acids is 4. The molecule has 3 rings (SSSR count). The van der Waals surface area contributed by atoms with Crippen molar-refractivity contribution in [2.24, 2.45) is 28.6 Å². The van der Waals surface area contributed by atoms with E-state index in [1.54, 1.807) is 4.90 Å². The number of nitrogens with one attached hydrogen (secondary N) is 2. The molecule has 2 saturated carbocycles. The molecular formula is C26H41N3O4. The first-order chi connectivity index (χ1) is 15.3. The number of ketones is 1. The molecule has 33 heavy (non-hydrogen) atoms. The molecule has 2 N–H and O–H groups in total. The van der Waals surface area contributed by atoms with Crippen LogP contribution in [-0.2, 0) is 19.2 Å². The maximum Gasteiger partial charge on any atom is 0.289 e. The fraction of sp³-hybridized carbons (Fsp3) is 0.769. The molecule has 1 aliphatic heterocycles. The van der Waals surface area contributed by atoms with Gasteiger partial charge in [0.2, 0.25) is 17.6 Å². The van der Waals surface area contributed by atoms with Crippen LogP contribution in [0.5, 0.6) is 0 Å². The van der Waals surface area contributed by atoms with Gasteiger partial charge in [0, 0.05) is 19.5 Å². The number of amides is 3. The number of hydrogen-bond acceptors (Lipinski definition) is 4. The molecule has 0 radical (unpaired) electrons. The van der Waals surface area contributed by atoms with Gasteiger partial charge in [-0.05, 0) is 47.8 Å². The highest BCUT2D eigenvalue weighted by Crippen LogP contribution is 2.57. The zero-order valence-corrected chi connectivity index (χ0v) is 20.9. The van der Waals surface area contributed by atoms with Gasteiger partial charge in [0.1, 0.15) is 6.04 Å². The number of Topliss-reactive ketones (excluding diaryl/α,β-unsaturated/α-hetero) is 1. The van der Waals surface area contributed by atoms with E-state index >= 15 is 0 Å². The van der Waals surface area contributed by atoms with Crippen molar-refractivity contribution in [1.29, 1.82) is 0 Å². The summed E-state index contributed by atoms with van der Waals surface area (Å²) in [6, 6.07) is -1.47. The zero-order valence-electron chi connectivity index (χ0n) is 20.9. The number of nitrogens with zero attached hydrogens (tertiary/aromatic N) is 1. The van der Waals surface area contributed by atoms with Crippen molar-refractivity contribution in [3.63, 3.8) is 0 Å². The molecule has 7 heteroatoms. The minimum absolute atomic E-state index is 0.0163. The van der Waals surface area contributed by atoms with Gasteiger partial charge in [0.25, 0.3) is 5.91 Å². The SMILES string of the molecule is C=CCNC(=O)C(=O)C(CCC1CC1)NC(=O)C1C2C(CN1C(=O)CC(C)(C)C)CC2(C)C. The molecule has 184 valence electrons. The second-order valence-corrected chi connectivity index (χ2v) is 12.2. The Morgan fingerprint density at radius 2 is 1.85 bits per heavy atom. The van der Waals surface area contributed by atoms with E-state index in [4.69, 9.17) is 0 Å². The van der Waals surface area contributed by atoms with Crippen LogP contribution in [0.4, 0.5) is 0 Å². The van der Waals surface area contributed by atoms with Gasteiger partial charge in [-0.3, -0.25) is 19.2 Å². The molecule has 0 bridgehead atoms. The van der Waals surface area contributed by atoms with Crippen molar-refractivity contribution < 1.29 is 19.2 Å². The molecule has 0 aromatic heterocycles. The molecule has 0 spiro atoms. The lowest BCUT2D eigenvalue weighted by atomic mass is 9.55. The minimum atomic E-state index is -0.871. The van der Waals surface area contributed by atoms with E-state index in [9.17, 15) is 19.2 Å². The van der Waals surface area contributed by atoms with Crippen LogP contribution in [0.25, 0.3) is 0 Å². The number of rotatable bonds is 10. The van der Waals surface area contributed by atoms with Crippen LogP contribution < -0.4 is 10.6 Å². The van der Waals surface area contributed by atoms with Crippen LogP contribution in [0.3, 0.4) is 0 Å². The van der Waals surface area contributed by atoms with Crippen LogP contribution in [0.15, 0.2) is 12.7 Å². The van der Waals surface area contributed by atoms with Gasteiger partial charge in [0.05, 0.1) is 6.04 Å². The highest BCUT2D eigenvalue weighted by Gasteiger charge is 2.60. The van der Waals surface area contributed by atoms with E-state index in [0.29, 0.717) is 31.2 Å². The summed E-state index contributed by atoms with van der Waals surface area (Å²) in [7, 11) is 0. The van der Waals surface area contributed by atoms with Crippen molar-refractivity contribution >= 4 is 23.5 Å². The topological polar surface area (TPSA) is 95.6 Å². The largest absolute Gasteiger partial charge is 0.346 e. The Labute approximate surface area is 198 Å². The Kier molecular flexibility index (Phi) is 7.39. The number of carbonyl (C=O) groups is 4. The lowest BCUT2D eigenvalue weighted by Crippen LogP contribution is -2.58. The van der Waals surface area contributed by atoms with Crippen molar-refractivity contribution in [2.75, 3.05) is 13.1 Å². The number of fused-ring (bicyclic) bond motifs is 1. The van der Waals surface area contributed by atoms with E-state index in [1.165, 1.54) is 6.08 Å². The van der Waals surface area contributed by atoms with Crippen LogP contribution in [0, 0.1) is 28.6 Å². The second kappa shape index (κ2) is 9.59. The van der Waals surface area contributed by atoms with E-state index in [0.717, 1.165) is 25.7 Å². The Morgan fingerprint density at radius 3 is 2.39 bits per heavy atom. The normalized spacial score (nSPS) is 26.6. The summed E-state index contributed by atoms with van der Waals surface area (Å²) in [4.78, 5) is 53.8. The first-order valence-corrected chi connectivity index (χ1v) is 12.4. The summed E-state index contributed by atoms with van der Waals surface area (Å²) in [6.07, 6.45) is 6.37. The second-order valence-electron chi connectivity index (χ2n) is 12.2. The molecule has 4 unspecified atom stereocenters. The summed E-state index contributed by atoms with van der Waals surface area (Å²) in [5.41, 5.74) is -0.223. The summed E-state index contributed by atoms with van der Waals surface area (Å²) >= 11 is 0. The predicted octanol–water partition coefficient (Wildman–Crippen LogP) is 2.84. The minimum Gasteiger partial charge on any atom is -0.346 e. The van der Waals surface area contributed by atoms with E-state index in [2.05, 4.69) is 31.1 Å². The quantitative estimate of drug-likeness (QED) is 0.388. The van der Waals surface area contributed by atoms with Crippen molar-refractivity contribution in [1.82, 2.24) is 15.5 Å².